The van der Waals surface area contributed by atoms with E-state index in [0.717, 1.165) is 5.56 Å². The summed E-state index contributed by atoms with van der Waals surface area (Å²) in [4.78, 5) is 38.2. The van der Waals surface area contributed by atoms with Crippen LogP contribution in [0.15, 0.2) is 24.3 Å². The molecule has 1 atom stereocenters. The summed E-state index contributed by atoms with van der Waals surface area (Å²) in [6.45, 7) is 6.71. The van der Waals surface area contributed by atoms with Crippen molar-refractivity contribution in [1.29, 1.82) is 0 Å². The SMILES string of the molecule is Cc1ccccc1C(=O)NC1CCN(C(=O)CNC(=O)[C@@H](N)C(C)C)CC1. The quantitative estimate of drug-likeness (QED) is 0.685. The summed E-state index contributed by atoms with van der Waals surface area (Å²) < 4.78 is 0. The molecular formula is C20H30N4O3. The summed E-state index contributed by atoms with van der Waals surface area (Å²) in [5.74, 6) is -0.484. The monoisotopic (exact) mass is 374 g/mol. The number of nitrogens with two attached hydrogens (primary N) is 1. The molecule has 1 heterocycles. The maximum absolute atomic E-state index is 12.4. The summed E-state index contributed by atoms with van der Waals surface area (Å²) in [7, 11) is 0. The number of aryl methyl sites for hydroxylation is 1. The van der Waals surface area contributed by atoms with Gasteiger partial charge in [0, 0.05) is 24.7 Å². The smallest absolute Gasteiger partial charge is 0.251 e. The van der Waals surface area contributed by atoms with E-state index in [4.69, 9.17) is 5.73 Å². The third-order valence-corrected chi connectivity index (χ3v) is 5.01. The highest BCUT2D eigenvalue weighted by atomic mass is 16.2. The molecule has 0 spiro atoms. The van der Waals surface area contributed by atoms with E-state index < -0.39 is 6.04 Å². The van der Waals surface area contributed by atoms with Crippen LogP contribution in [-0.4, -0.2) is 54.3 Å². The number of carbonyl (C=O) groups is 3. The second-order valence-electron chi connectivity index (χ2n) is 7.43. The Morgan fingerprint density at radius 1 is 1.19 bits per heavy atom. The van der Waals surface area contributed by atoms with E-state index in [1.807, 2.05) is 45.0 Å². The van der Waals surface area contributed by atoms with Crippen LogP contribution >= 0.6 is 0 Å². The summed E-state index contributed by atoms with van der Waals surface area (Å²) in [6, 6.07) is 6.92. The number of nitrogens with zero attached hydrogens (tertiary/aromatic N) is 1. The topological polar surface area (TPSA) is 105 Å². The summed E-state index contributed by atoms with van der Waals surface area (Å²) in [6.07, 6.45) is 1.39. The minimum absolute atomic E-state index is 0.0210. The van der Waals surface area contributed by atoms with Gasteiger partial charge in [0.15, 0.2) is 0 Å². The lowest BCUT2D eigenvalue weighted by atomic mass is 10.0. The largest absolute Gasteiger partial charge is 0.349 e. The van der Waals surface area contributed by atoms with E-state index in [1.165, 1.54) is 0 Å². The van der Waals surface area contributed by atoms with Crippen LogP contribution in [-0.2, 0) is 9.59 Å². The maximum Gasteiger partial charge on any atom is 0.251 e. The van der Waals surface area contributed by atoms with Crippen molar-refractivity contribution < 1.29 is 14.4 Å². The van der Waals surface area contributed by atoms with E-state index in [9.17, 15) is 14.4 Å². The molecule has 27 heavy (non-hydrogen) atoms. The molecule has 1 aliphatic rings. The molecule has 2 rings (SSSR count). The van der Waals surface area contributed by atoms with Crippen LogP contribution < -0.4 is 16.4 Å². The van der Waals surface area contributed by atoms with Gasteiger partial charge in [-0.2, -0.15) is 0 Å². The molecule has 4 N–H and O–H groups in total. The number of piperidine rings is 1. The van der Waals surface area contributed by atoms with E-state index in [2.05, 4.69) is 10.6 Å². The van der Waals surface area contributed by atoms with E-state index >= 15 is 0 Å². The molecule has 0 radical (unpaired) electrons. The second-order valence-corrected chi connectivity index (χ2v) is 7.43. The summed E-state index contributed by atoms with van der Waals surface area (Å²) in [5.41, 5.74) is 7.39. The number of nitrogens with one attached hydrogen (secondary N) is 2. The molecule has 0 bridgehead atoms. The predicted molar refractivity (Wildman–Crippen MR) is 104 cm³/mol. The fourth-order valence-electron chi connectivity index (χ4n) is 3.06. The van der Waals surface area contributed by atoms with Crippen molar-refractivity contribution >= 4 is 17.7 Å². The van der Waals surface area contributed by atoms with E-state index in [0.29, 0.717) is 31.5 Å². The van der Waals surface area contributed by atoms with Gasteiger partial charge in [0.2, 0.25) is 11.8 Å². The molecule has 7 heteroatoms. The lowest BCUT2D eigenvalue weighted by molar-refractivity contribution is -0.134. The number of rotatable bonds is 6. The van der Waals surface area contributed by atoms with Crippen molar-refractivity contribution in [2.45, 2.75) is 45.7 Å². The van der Waals surface area contributed by atoms with E-state index in [-0.39, 0.29) is 36.2 Å². The van der Waals surface area contributed by atoms with Gasteiger partial charge < -0.3 is 21.3 Å². The van der Waals surface area contributed by atoms with Crippen LogP contribution in [0.1, 0.15) is 42.6 Å². The number of benzene rings is 1. The molecule has 0 aliphatic carbocycles. The van der Waals surface area contributed by atoms with Crippen LogP contribution in [0.25, 0.3) is 0 Å². The first-order valence-electron chi connectivity index (χ1n) is 9.47. The molecule has 3 amide bonds. The maximum atomic E-state index is 12.4. The predicted octanol–water partition coefficient (Wildman–Crippen LogP) is 0.815. The minimum atomic E-state index is -0.611. The van der Waals surface area contributed by atoms with E-state index in [1.54, 1.807) is 4.90 Å². The van der Waals surface area contributed by atoms with Gasteiger partial charge in [-0.25, -0.2) is 0 Å². The lowest BCUT2D eigenvalue weighted by Crippen LogP contribution is -2.51. The number of hydrogen-bond donors (Lipinski definition) is 3. The number of carbonyl (C=O) groups excluding carboxylic acids is 3. The molecule has 1 aliphatic heterocycles. The molecule has 0 saturated carbocycles. The standard InChI is InChI=1S/C20H30N4O3/c1-13(2)18(21)20(27)22-12-17(25)24-10-8-15(9-11-24)23-19(26)16-7-5-4-6-14(16)3/h4-7,13,15,18H,8-12,21H2,1-3H3,(H,22,27)(H,23,26)/t18-/m0/s1. The molecule has 7 nitrogen and oxygen atoms in total. The average Bonchev–Trinajstić information content (AvgIpc) is 2.65. The molecule has 0 unspecified atom stereocenters. The van der Waals surface area contributed by atoms with Crippen LogP contribution in [0.4, 0.5) is 0 Å². The Kier molecular flexibility index (Phi) is 7.36. The highest BCUT2D eigenvalue weighted by Gasteiger charge is 2.25. The zero-order valence-electron chi connectivity index (χ0n) is 16.3. The van der Waals surface area contributed by atoms with Crippen molar-refractivity contribution in [3.8, 4) is 0 Å². The highest BCUT2D eigenvalue weighted by molar-refractivity contribution is 5.95. The van der Waals surface area contributed by atoms with Gasteiger partial charge in [-0.3, -0.25) is 14.4 Å². The fourth-order valence-corrected chi connectivity index (χ4v) is 3.06. The van der Waals surface area contributed by atoms with Gasteiger partial charge in [0.05, 0.1) is 12.6 Å². The zero-order chi connectivity index (χ0) is 20.0. The number of amides is 3. The third kappa shape index (κ3) is 5.79. The molecule has 1 saturated heterocycles. The van der Waals surface area contributed by atoms with Gasteiger partial charge in [0.25, 0.3) is 5.91 Å². The number of hydrogen-bond acceptors (Lipinski definition) is 4. The Labute approximate surface area is 160 Å². The Bertz CT molecular complexity index is 682. The van der Waals surface area contributed by atoms with Gasteiger partial charge >= 0.3 is 0 Å². The normalized spacial score (nSPS) is 16.1. The Morgan fingerprint density at radius 2 is 1.81 bits per heavy atom. The highest BCUT2D eigenvalue weighted by Crippen LogP contribution is 2.13. The van der Waals surface area contributed by atoms with Gasteiger partial charge in [0.1, 0.15) is 0 Å². The molecule has 148 valence electrons. The van der Waals surface area contributed by atoms with Crippen LogP contribution in [0.2, 0.25) is 0 Å². The minimum Gasteiger partial charge on any atom is -0.349 e. The van der Waals surface area contributed by atoms with Gasteiger partial charge in [-0.1, -0.05) is 32.0 Å². The first-order valence-corrected chi connectivity index (χ1v) is 9.47. The average molecular weight is 374 g/mol. The molecule has 1 aromatic rings. The van der Waals surface area contributed by atoms with Gasteiger partial charge in [-0.05, 0) is 37.3 Å². The fraction of sp³-hybridized carbons (Fsp3) is 0.550. The molecule has 0 aromatic heterocycles. The van der Waals surface area contributed by atoms with Crippen molar-refractivity contribution in [3.05, 3.63) is 35.4 Å². The van der Waals surface area contributed by atoms with Crippen LogP contribution in [0.3, 0.4) is 0 Å². The Morgan fingerprint density at radius 3 is 2.41 bits per heavy atom. The van der Waals surface area contributed by atoms with Gasteiger partial charge in [-0.15, -0.1) is 0 Å². The zero-order valence-corrected chi connectivity index (χ0v) is 16.3. The first kappa shape index (κ1) is 20.9. The van der Waals surface area contributed by atoms with Crippen molar-refractivity contribution in [1.82, 2.24) is 15.5 Å². The number of likely N-dealkylation sites (tertiary alicyclic amines) is 1. The Hall–Kier alpha value is -2.41. The molecular weight excluding hydrogens is 344 g/mol. The second kappa shape index (κ2) is 9.50. The molecule has 1 fully saturated rings. The summed E-state index contributed by atoms with van der Waals surface area (Å²) in [5, 5.41) is 5.66. The third-order valence-electron chi connectivity index (χ3n) is 5.01. The Balaban J connectivity index is 1.76. The summed E-state index contributed by atoms with van der Waals surface area (Å²) >= 11 is 0. The van der Waals surface area contributed by atoms with Crippen molar-refractivity contribution in [2.24, 2.45) is 11.7 Å². The van der Waals surface area contributed by atoms with Crippen molar-refractivity contribution in [3.63, 3.8) is 0 Å². The van der Waals surface area contributed by atoms with Crippen molar-refractivity contribution in [2.75, 3.05) is 19.6 Å². The van der Waals surface area contributed by atoms with Crippen LogP contribution in [0.5, 0.6) is 0 Å². The van der Waals surface area contributed by atoms with Crippen LogP contribution in [0, 0.1) is 12.8 Å². The first-order chi connectivity index (χ1) is 12.8. The molecule has 1 aromatic carbocycles. The lowest BCUT2D eigenvalue weighted by Gasteiger charge is -2.32.